The molecule has 3 atom stereocenters. The van der Waals surface area contributed by atoms with Crippen LogP contribution in [0.4, 0.5) is 0 Å². The molecule has 1 aliphatic rings. The molecule has 4 N–H and O–H groups in total. The third-order valence-electron chi connectivity index (χ3n) is 8.62. The van der Waals surface area contributed by atoms with Gasteiger partial charge >= 0.3 is 0 Å². The minimum absolute atomic E-state index is 0.0287. The van der Waals surface area contributed by atoms with Crippen molar-refractivity contribution in [1.29, 1.82) is 0 Å². The van der Waals surface area contributed by atoms with Crippen molar-refractivity contribution in [2.45, 2.75) is 69.0 Å². The minimum Gasteiger partial charge on any atom is -0.431 e. The number of aromatic nitrogens is 1. The maximum absolute atomic E-state index is 12.3. The van der Waals surface area contributed by atoms with E-state index >= 15 is 0 Å². The second-order valence-corrected chi connectivity index (χ2v) is 13.3. The highest BCUT2D eigenvalue weighted by Crippen LogP contribution is 2.41. The van der Waals surface area contributed by atoms with Gasteiger partial charge in [-0.15, -0.1) is 0 Å². The van der Waals surface area contributed by atoms with E-state index in [4.69, 9.17) is 24.1 Å². The number of nitrogens with one attached hydrogen (secondary N) is 2. The molecule has 0 bridgehead atoms. The van der Waals surface area contributed by atoms with Crippen molar-refractivity contribution in [3.8, 4) is 22.6 Å². The molecule has 11 heteroatoms. The molecule has 2 heterocycles. The number of amides is 2. The van der Waals surface area contributed by atoms with Crippen molar-refractivity contribution in [3.05, 3.63) is 131 Å². The minimum atomic E-state index is -0.629. The van der Waals surface area contributed by atoms with Crippen molar-refractivity contribution < 1.29 is 33.8 Å². The van der Waals surface area contributed by atoms with Gasteiger partial charge in [0.1, 0.15) is 5.69 Å². The molecule has 51 heavy (non-hydrogen) atoms. The van der Waals surface area contributed by atoms with Crippen LogP contribution in [0.1, 0.15) is 66.8 Å². The number of unbranched alkanes of at least 4 members (excludes halogenated alkanes) is 1. The Morgan fingerprint density at radius 2 is 1.39 bits per heavy atom. The summed E-state index contributed by atoms with van der Waals surface area (Å²) in [6, 6.07) is 35.6. The third kappa shape index (κ3) is 9.93. The van der Waals surface area contributed by atoms with Gasteiger partial charge in [-0.25, -0.2) is 10.5 Å². The van der Waals surface area contributed by atoms with Crippen LogP contribution in [0, 0.1) is 0 Å². The van der Waals surface area contributed by atoms with Crippen molar-refractivity contribution in [3.63, 3.8) is 0 Å². The fraction of sp³-hybridized carbons (Fsp3) is 0.275. The smallest absolute Gasteiger partial charge is 0.256 e. The van der Waals surface area contributed by atoms with E-state index in [0.29, 0.717) is 43.2 Å². The van der Waals surface area contributed by atoms with E-state index in [-0.39, 0.29) is 31.1 Å². The maximum Gasteiger partial charge on any atom is 0.256 e. The number of carbonyl (C=O) groups excluding carboxylic acids is 2. The highest BCUT2D eigenvalue weighted by Gasteiger charge is 2.33. The molecule has 1 aliphatic heterocycles. The van der Waals surface area contributed by atoms with Gasteiger partial charge in [0, 0.05) is 48.3 Å². The Morgan fingerprint density at radius 3 is 2.06 bits per heavy atom. The molecule has 0 spiro atoms. The number of carbonyl (C=O) groups is 2. The molecular formula is C40H41N3O7S. The zero-order valence-electron chi connectivity index (χ0n) is 28.1. The average molecular weight is 708 g/mol. The van der Waals surface area contributed by atoms with Crippen molar-refractivity contribution in [1.82, 2.24) is 15.8 Å². The first-order valence-corrected chi connectivity index (χ1v) is 18.0. The Morgan fingerprint density at radius 1 is 0.765 bits per heavy atom. The van der Waals surface area contributed by atoms with Gasteiger partial charge in [0.15, 0.2) is 12.1 Å². The molecule has 0 saturated carbocycles. The van der Waals surface area contributed by atoms with Crippen LogP contribution in [-0.4, -0.2) is 39.0 Å². The van der Waals surface area contributed by atoms with Gasteiger partial charge in [-0.05, 0) is 29.5 Å². The molecule has 4 aromatic carbocycles. The Balaban J connectivity index is 1.13. The molecule has 0 aliphatic carbocycles. The third-order valence-corrected chi connectivity index (χ3v) is 9.58. The van der Waals surface area contributed by atoms with Crippen molar-refractivity contribution in [2.75, 3.05) is 5.75 Å². The average Bonchev–Trinajstić information content (AvgIpc) is 3.63. The van der Waals surface area contributed by atoms with Crippen LogP contribution in [0.5, 0.6) is 0 Å². The van der Waals surface area contributed by atoms with Gasteiger partial charge in [-0.3, -0.25) is 14.8 Å². The fourth-order valence-corrected chi connectivity index (χ4v) is 6.68. The summed E-state index contributed by atoms with van der Waals surface area (Å²) in [6.45, 7) is 0.340. The number of hydrogen-bond donors (Lipinski definition) is 4. The topological polar surface area (TPSA) is 143 Å². The van der Waals surface area contributed by atoms with E-state index < -0.39 is 12.2 Å². The van der Waals surface area contributed by atoms with Gasteiger partial charge in [-0.1, -0.05) is 121 Å². The molecule has 6 rings (SSSR count). The Hall–Kier alpha value is -4.78. The van der Waals surface area contributed by atoms with Gasteiger partial charge in [0.25, 0.3) is 5.22 Å². The van der Waals surface area contributed by atoms with Gasteiger partial charge < -0.3 is 24.3 Å². The first-order chi connectivity index (χ1) is 25.0. The lowest BCUT2D eigenvalue weighted by Gasteiger charge is -2.36. The molecule has 1 aromatic heterocycles. The van der Waals surface area contributed by atoms with Gasteiger partial charge in [0.05, 0.1) is 18.8 Å². The fourth-order valence-electron chi connectivity index (χ4n) is 5.83. The molecule has 0 unspecified atom stereocenters. The molecule has 5 aromatic rings. The number of oxazole rings is 1. The van der Waals surface area contributed by atoms with Crippen molar-refractivity contribution >= 4 is 23.6 Å². The first-order valence-electron chi connectivity index (χ1n) is 17.0. The Labute approximate surface area is 301 Å². The maximum atomic E-state index is 12.3. The number of rotatable bonds is 15. The van der Waals surface area contributed by atoms with Crippen LogP contribution in [-0.2, 0) is 32.2 Å². The Kier molecular flexibility index (Phi) is 12.7. The monoisotopic (exact) mass is 707 g/mol. The number of hydroxylamine groups is 1. The molecule has 0 radical (unpaired) electrons. The molecular weight excluding hydrogens is 667 g/mol. The molecule has 10 nitrogen and oxygen atoms in total. The largest absolute Gasteiger partial charge is 0.431 e. The number of hydrogen-bond acceptors (Lipinski definition) is 9. The number of benzene rings is 4. The highest BCUT2D eigenvalue weighted by molar-refractivity contribution is 7.99. The lowest BCUT2D eigenvalue weighted by atomic mass is 10.0. The van der Waals surface area contributed by atoms with E-state index in [1.165, 1.54) is 11.8 Å². The summed E-state index contributed by atoms with van der Waals surface area (Å²) in [5, 5.41) is 21.6. The number of aliphatic hydroxyl groups excluding tert-OH is 1. The molecule has 264 valence electrons. The van der Waals surface area contributed by atoms with Crippen LogP contribution in [0.2, 0.25) is 0 Å². The first kappa shape index (κ1) is 36.0. The van der Waals surface area contributed by atoms with E-state index in [2.05, 4.69) is 5.32 Å². The summed E-state index contributed by atoms with van der Waals surface area (Å²) in [5.74, 6) is 0.751. The number of aliphatic hydroxyl groups is 1. The number of nitrogens with zero attached hydrogens (tertiary/aromatic N) is 1. The standard InChI is InChI=1S/C40H41N3O7S/c44-25-28-17-19-29(20-18-28)34-23-33(26-51-40-42-37(30-9-3-1-4-10-30)38(50-40)31-11-5-2-6-12-31)48-39(49-34)32-21-15-27(16-22-32)24-41-35(45)13-7-8-14-36(46)43-47/h1-6,9-12,15-22,33-34,39,44,47H,7-8,13-14,23-26H2,(H,41,45)(H,43,46)/t33-,34+,39+/m0/s1. The summed E-state index contributed by atoms with van der Waals surface area (Å²) < 4.78 is 19.4. The summed E-state index contributed by atoms with van der Waals surface area (Å²) in [4.78, 5) is 28.3. The van der Waals surface area contributed by atoms with Gasteiger partial charge in [-0.2, -0.15) is 0 Å². The number of ether oxygens (including phenoxy) is 2. The second kappa shape index (κ2) is 17.9. The van der Waals surface area contributed by atoms with Crippen LogP contribution in [0.15, 0.2) is 119 Å². The van der Waals surface area contributed by atoms with Gasteiger partial charge in [0.2, 0.25) is 11.8 Å². The summed E-state index contributed by atoms with van der Waals surface area (Å²) >= 11 is 1.51. The predicted molar refractivity (Wildman–Crippen MR) is 193 cm³/mol. The van der Waals surface area contributed by atoms with E-state index in [1.807, 2.05) is 109 Å². The van der Waals surface area contributed by atoms with E-state index in [9.17, 15) is 14.7 Å². The van der Waals surface area contributed by atoms with E-state index in [0.717, 1.165) is 44.8 Å². The molecule has 2 amide bonds. The quantitative estimate of drug-likeness (QED) is 0.0376. The SMILES string of the molecule is O=C(CCCCC(=O)NCc1ccc([C@@H]2O[C@H](CSc3nc(-c4ccccc4)c(-c4ccccc4)o3)C[C@H](c3ccc(CO)cc3)O2)cc1)NO. The normalized spacial score (nSPS) is 17.2. The van der Waals surface area contributed by atoms with Crippen LogP contribution >= 0.6 is 11.8 Å². The summed E-state index contributed by atoms with van der Waals surface area (Å²) in [7, 11) is 0. The van der Waals surface area contributed by atoms with E-state index in [1.54, 1.807) is 5.48 Å². The molecule has 1 saturated heterocycles. The van der Waals surface area contributed by atoms with Crippen LogP contribution in [0.25, 0.3) is 22.6 Å². The molecule has 1 fully saturated rings. The number of thioether (sulfide) groups is 1. The highest BCUT2D eigenvalue weighted by atomic mass is 32.2. The lowest BCUT2D eigenvalue weighted by Crippen LogP contribution is -2.31. The van der Waals surface area contributed by atoms with Crippen LogP contribution in [0.3, 0.4) is 0 Å². The Bertz CT molecular complexity index is 1790. The lowest BCUT2D eigenvalue weighted by molar-refractivity contribution is -0.245. The van der Waals surface area contributed by atoms with Crippen molar-refractivity contribution in [2.24, 2.45) is 0 Å². The summed E-state index contributed by atoms with van der Waals surface area (Å²) in [6.07, 6.45) is 1.11. The zero-order chi connectivity index (χ0) is 35.4. The zero-order valence-corrected chi connectivity index (χ0v) is 28.9. The van der Waals surface area contributed by atoms with Crippen LogP contribution < -0.4 is 10.8 Å². The summed E-state index contributed by atoms with van der Waals surface area (Å²) in [5.41, 5.74) is 7.94. The second-order valence-electron chi connectivity index (χ2n) is 12.3. The predicted octanol–water partition coefficient (Wildman–Crippen LogP) is 7.52.